The number of halogens is 1. The zero-order chi connectivity index (χ0) is 20.2. The molecule has 7 heteroatoms. The topological polar surface area (TPSA) is 61.1 Å². The second-order valence-electron chi connectivity index (χ2n) is 6.70. The van der Waals surface area contributed by atoms with Crippen LogP contribution in [-0.2, 0) is 6.61 Å². The van der Waals surface area contributed by atoms with Gasteiger partial charge in [0, 0.05) is 11.5 Å². The van der Waals surface area contributed by atoms with Crippen LogP contribution < -0.4 is 14.2 Å². The number of likely N-dealkylation sites (N-methyl/N-ethyl adjacent to an activating group) is 1. The molecule has 0 saturated heterocycles. The predicted octanol–water partition coefficient (Wildman–Crippen LogP) is 4.53. The fourth-order valence-corrected chi connectivity index (χ4v) is 3.39. The number of furan rings is 1. The number of para-hydroxylation sites is 2. The van der Waals surface area contributed by atoms with Gasteiger partial charge in [0.25, 0.3) is 5.91 Å². The SMILES string of the molecule is CN(CC1COc2ccccc2O1)C(=O)c1ccc(COc2cccc(Br)c2)o1. The molecule has 0 fully saturated rings. The van der Waals surface area contributed by atoms with Crippen LogP contribution >= 0.6 is 15.9 Å². The first-order valence-electron chi connectivity index (χ1n) is 9.19. The fraction of sp³-hybridized carbons (Fsp3) is 0.227. The Labute approximate surface area is 177 Å². The van der Waals surface area contributed by atoms with Gasteiger partial charge in [-0.05, 0) is 42.5 Å². The van der Waals surface area contributed by atoms with Gasteiger partial charge < -0.3 is 23.5 Å². The number of hydrogen-bond donors (Lipinski definition) is 0. The molecule has 0 spiro atoms. The van der Waals surface area contributed by atoms with Crippen LogP contribution in [-0.4, -0.2) is 37.1 Å². The minimum Gasteiger partial charge on any atom is -0.486 e. The third-order valence-corrected chi connectivity index (χ3v) is 4.93. The molecule has 1 aliphatic rings. The Morgan fingerprint density at radius 1 is 1.14 bits per heavy atom. The summed E-state index contributed by atoms with van der Waals surface area (Å²) in [6.07, 6.45) is -0.242. The molecule has 1 aromatic heterocycles. The van der Waals surface area contributed by atoms with E-state index in [9.17, 15) is 4.79 Å². The van der Waals surface area contributed by atoms with Gasteiger partial charge in [0.2, 0.25) is 0 Å². The summed E-state index contributed by atoms with van der Waals surface area (Å²) in [6, 6.07) is 18.4. The van der Waals surface area contributed by atoms with Gasteiger partial charge in [-0.1, -0.05) is 34.1 Å². The van der Waals surface area contributed by atoms with Gasteiger partial charge in [-0.25, -0.2) is 0 Å². The van der Waals surface area contributed by atoms with Crippen molar-refractivity contribution < 1.29 is 23.4 Å². The molecule has 0 aliphatic carbocycles. The van der Waals surface area contributed by atoms with Crippen molar-refractivity contribution in [3.63, 3.8) is 0 Å². The molecule has 1 aliphatic heterocycles. The molecule has 0 radical (unpaired) electrons. The molecule has 0 bridgehead atoms. The van der Waals surface area contributed by atoms with Crippen molar-refractivity contribution in [1.82, 2.24) is 4.90 Å². The molecule has 4 rings (SSSR count). The van der Waals surface area contributed by atoms with Gasteiger partial charge in [0.15, 0.2) is 23.4 Å². The third-order valence-electron chi connectivity index (χ3n) is 4.44. The lowest BCUT2D eigenvalue weighted by atomic mass is 10.2. The van der Waals surface area contributed by atoms with Crippen LogP contribution in [0.1, 0.15) is 16.3 Å². The van der Waals surface area contributed by atoms with Gasteiger partial charge in [0.05, 0.1) is 6.54 Å². The first kappa shape index (κ1) is 19.4. The van der Waals surface area contributed by atoms with Crippen molar-refractivity contribution in [2.75, 3.05) is 20.2 Å². The predicted molar refractivity (Wildman–Crippen MR) is 110 cm³/mol. The standard InChI is InChI=1S/C22H20BrNO5/c1-24(12-18-14-27-19-7-2-3-8-20(19)29-18)22(25)21-10-9-17(28-21)13-26-16-6-4-5-15(23)11-16/h2-11,18H,12-14H2,1H3. The van der Waals surface area contributed by atoms with E-state index >= 15 is 0 Å². The van der Waals surface area contributed by atoms with Crippen LogP contribution in [0.25, 0.3) is 0 Å². The number of hydrogen-bond acceptors (Lipinski definition) is 5. The zero-order valence-electron chi connectivity index (χ0n) is 15.8. The van der Waals surface area contributed by atoms with Crippen molar-refractivity contribution in [2.45, 2.75) is 12.7 Å². The van der Waals surface area contributed by atoms with Crippen LogP contribution in [0.2, 0.25) is 0 Å². The number of ether oxygens (including phenoxy) is 3. The molecule has 2 heterocycles. The Hall–Kier alpha value is -2.93. The second kappa shape index (κ2) is 8.61. The molecule has 1 amide bonds. The van der Waals surface area contributed by atoms with E-state index in [1.54, 1.807) is 24.1 Å². The molecule has 29 heavy (non-hydrogen) atoms. The summed E-state index contributed by atoms with van der Waals surface area (Å²) in [6.45, 7) is 1.01. The summed E-state index contributed by atoms with van der Waals surface area (Å²) in [5.41, 5.74) is 0. The van der Waals surface area contributed by atoms with Crippen LogP contribution in [0.5, 0.6) is 17.2 Å². The average molecular weight is 458 g/mol. The molecule has 1 atom stereocenters. The molecular formula is C22H20BrNO5. The highest BCUT2D eigenvalue weighted by Gasteiger charge is 2.25. The summed E-state index contributed by atoms with van der Waals surface area (Å²) < 4.78 is 23.9. The van der Waals surface area contributed by atoms with Crippen LogP contribution in [0.15, 0.2) is 69.6 Å². The highest BCUT2D eigenvalue weighted by atomic mass is 79.9. The Kier molecular flexibility index (Phi) is 5.76. The zero-order valence-corrected chi connectivity index (χ0v) is 17.4. The van der Waals surface area contributed by atoms with Gasteiger partial charge in [-0.3, -0.25) is 4.79 Å². The van der Waals surface area contributed by atoms with Crippen molar-refractivity contribution in [2.24, 2.45) is 0 Å². The molecule has 1 unspecified atom stereocenters. The van der Waals surface area contributed by atoms with Gasteiger partial charge >= 0.3 is 0 Å². The molecule has 6 nitrogen and oxygen atoms in total. The van der Waals surface area contributed by atoms with Crippen molar-refractivity contribution in [1.29, 1.82) is 0 Å². The van der Waals surface area contributed by atoms with E-state index in [-0.39, 0.29) is 24.4 Å². The normalized spacial score (nSPS) is 15.0. The van der Waals surface area contributed by atoms with E-state index in [0.717, 1.165) is 16.0 Å². The molecule has 150 valence electrons. The van der Waals surface area contributed by atoms with E-state index in [2.05, 4.69) is 15.9 Å². The Bertz CT molecular complexity index is 1000. The summed E-state index contributed by atoms with van der Waals surface area (Å²) in [5.74, 6) is 2.75. The minimum absolute atomic E-state index is 0.221. The molecule has 3 aromatic rings. The number of carbonyl (C=O) groups excluding carboxylic acids is 1. The Morgan fingerprint density at radius 3 is 2.79 bits per heavy atom. The van der Waals surface area contributed by atoms with E-state index in [1.165, 1.54) is 0 Å². The lowest BCUT2D eigenvalue weighted by Gasteiger charge is -2.29. The smallest absolute Gasteiger partial charge is 0.289 e. The number of rotatable bonds is 6. The fourth-order valence-electron chi connectivity index (χ4n) is 3.01. The third kappa shape index (κ3) is 4.74. The summed E-state index contributed by atoms with van der Waals surface area (Å²) >= 11 is 3.40. The van der Waals surface area contributed by atoms with E-state index in [1.807, 2.05) is 48.5 Å². The van der Waals surface area contributed by atoms with E-state index in [0.29, 0.717) is 24.7 Å². The lowest BCUT2D eigenvalue weighted by Crippen LogP contribution is -2.41. The quantitative estimate of drug-likeness (QED) is 0.543. The molecule has 0 N–H and O–H groups in total. The maximum Gasteiger partial charge on any atom is 0.289 e. The van der Waals surface area contributed by atoms with E-state index in [4.69, 9.17) is 18.6 Å². The van der Waals surface area contributed by atoms with Gasteiger partial charge in [0.1, 0.15) is 24.7 Å². The van der Waals surface area contributed by atoms with Crippen LogP contribution in [0.4, 0.5) is 0 Å². The summed E-state index contributed by atoms with van der Waals surface area (Å²) in [5, 5.41) is 0. The van der Waals surface area contributed by atoms with Gasteiger partial charge in [-0.2, -0.15) is 0 Å². The molecule has 2 aromatic carbocycles. The maximum absolute atomic E-state index is 12.7. The largest absolute Gasteiger partial charge is 0.486 e. The Balaban J connectivity index is 1.32. The van der Waals surface area contributed by atoms with Crippen LogP contribution in [0.3, 0.4) is 0 Å². The molecule has 0 saturated carbocycles. The number of nitrogens with zero attached hydrogens (tertiary/aromatic N) is 1. The van der Waals surface area contributed by atoms with Crippen LogP contribution in [0, 0.1) is 0 Å². The summed E-state index contributed by atoms with van der Waals surface area (Å²) in [7, 11) is 1.71. The van der Waals surface area contributed by atoms with Crippen molar-refractivity contribution >= 4 is 21.8 Å². The maximum atomic E-state index is 12.7. The van der Waals surface area contributed by atoms with Crippen molar-refractivity contribution in [3.05, 3.63) is 76.7 Å². The highest BCUT2D eigenvalue weighted by molar-refractivity contribution is 9.10. The lowest BCUT2D eigenvalue weighted by molar-refractivity contribution is 0.0499. The van der Waals surface area contributed by atoms with Crippen molar-refractivity contribution in [3.8, 4) is 17.2 Å². The highest BCUT2D eigenvalue weighted by Crippen LogP contribution is 2.31. The Morgan fingerprint density at radius 2 is 1.97 bits per heavy atom. The number of fused-ring (bicyclic) bond motifs is 1. The second-order valence-corrected chi connectivity index (χ2v) is 7.61. The monoisotopic (exact) mass is 457 g/mol. The molecular weight excluding hydrogens is 438 g/mol. The minimum atomic E-state index is -0.242. The number of amides is 1. The number of carbonyl (C=O) groups is 1. The number of benzene rings is 2. The van der Waals surface area contributed by atoms with Gasteiger partial charge in [-0.15, -0.1) is 0 Å². The summed E-state index contributed by atoms with van der Waals surface area (Å²) in [4.78, 5) is 14.3. The first-order chi connectivity index (χ1) is 14.1. The average Bonchev–Trinajstić information content (AvgIpc) is 3.20. The first-order valence-corrected chi connectivity index (χ1v) is 9.99. The van der Waals surface area contributed by atoms with E-state index < -0.39 is 0 Å².